The Morgan fingerprint density at radius 2 is 0.564 bits per heavy atom. The van der Waals surface area contributed by atoms with E-state index in [0.29, 0.717) is 17.4 Å². The molecule has 9 heteroatoms. The van der Waals surface area contributed by atoms with Crippen LogP contribution in [0.25, 0.3) is 0 Å². The average Bonchev–Trinajstić information content (AvgIpc) is 1.21. The number of carboxylic acids is 1. The summed E-state index contributed by atoms with van der Waals surface area (Å²) in [5, 5.41) is 9.77. The van der Waals surface area contributed by atoms with Crippen LogP contribution in [0, 0.1) is 0 Å². The van der Waals surface area contributed by atoms with Crippen LogP contribution in [0.3, 0.4) is 0 Å². The molecule has 0 saturated heterocycles. The molecule has 0 aliphatic heterocycles. The molecule has 0 saturated carbocycles. The molecule has 0 radical (unpaired) electrons. The maximum Gasteiger partial charge on any atom is 0.361 e. The number of hydrogen-bond donors (Lipinski definition) is 1. The summed E-state index contributed by atoms with van der Waals surface area (Å²) in [6.07, 6.45) is 117. The molecule has 2 unspecified atom stereocenters. The summed E-state index contributed by atoms with van der Waals surface area (Å²) >= 11 is 0. The Hall–Kier alpha value is -5.09. The highest BCUT2D eigenvalue weighted by atomic mass is 16.7. The lowest BCUT2D eigenvalue weighted by molar-refractivity contribution is -0.870. The minimum absolute atomic E-state index is 0.172. The number of carboxylic acid groups (broad SMARTS) is 1. The maximum absolute atomic E-state index is 13.0. The largest absolute Gasteiger partial charge is 0.477 e. The van der Waals surface area contributed by atoms with Crippen LogP contribution < -0.4 is 0 Å². The number of carbonyl (C=O) groups is 3. The number of nitrogens with zero attached hydrogens (tertiary/aromatic N) is 1. The first-order chi connectivity index (χ1) is 49.6. The van der Waals surface area contributed by atoms with E-state index in [1.165, 1.54) is 205 Å². The van der Waals surface area contributed by atoms with Gasteiger partial charge < -0.3 is 28.5 Å². The molecule has 576 valence electrons. The van der Waals surface area contributed by atoms with Crippen molar-refractivity contribution in [3.8, 4) is 0 Å². The lowest BCUT2D eigenvalue weighted by Crippen LogP contribution is -2.40. The third-order valence-electron chi connectivity index (χ3n) is 17.8. The normalized spacial score (nSPS) is 13.5. The molecular formula is C92H156NO8+. The first-order valence-corrected chi connectivity index (χ1v) is 41.6. The first-order valence-electron chi connectivity index (χ1n) is 41.6. The van der Waals surface area contributed by atoms with Crippen molar-refractivity contribution in [2.75, 3.05) is 47.5 Å². The van der Waals surface area contributed by atoms with Crippen LogP contribution in [0.1, 0.15) is 348 Å². The predicted molar refractivity (Wildman–Crippen MR) is 437 cm³/mol. The second kappa shape index (κ2) is 80.6. The summed E-state index contributed by atoms with van der Waals surface area (Å²) in [4.78, 5) is 37.7. The molecule has 0 fully saturated rings. The van der Waals surface area contributed by atoms with Gasteiger partial charge in [0.2, 0.25) is 0 Å². The Labute approximate surface area is 623 Å². The number of likely N-dealkylation sites (N-methyl/N-ethyl adjacent to an activating group) is 1. The van der Waals surface area contributed by atoms with E-state index in [1.54, 1.807) is 0 Å². The summed E-state index contributed by atoms with van der Waals surface area (Å²) in [5.74, 6) is -2.07. The zero-order valence-electron chi connectivity index (χ0n) is 66.0. The van der Waals surface area contributed by atoms with Crippen molar-refractivity contribution in [1.29, 1.82) is 0 Å². The zero-order valence-corrected chi connectivity index (χ0v) is 66.0. The molecule has 0 aliphatic carbocycles. The highest BCUT2D eigenvalue weighted by molar-refractivity contribution is 5.71. The van der Waals surface area contributed by atoms with Crippen LogP contribution in [-0.2, 0) is 33.3 Å². The molecule has 0 bridgehead atoms. The fraction of sp³-hybridized carbons (Fsp3) is 0.685. The number of carbonyl (C=O) groups excluding carboxylic acids is 2. The second-order valence-corrected chi connectivity index (χ2v) is 28.7. The van der Waals surface area contributed by atoms with E-state index in [4.69, 9.17) is 18.9 Å². The van der Waals surface area contributed by atoms with Crippen molar-refractivity contribution in [2.45, 2.75) is 360 Å². The topological polar surface area (TPSA) is 108 Å². The van der Waals surface area contributed by atoms with Gasteiger partial charge in [0.15, 0.2) is 6.10 Å². The Bertz CT molecular complexity index is 2230. The Morgan fingerprint density at radius 3 is 0.871 bits per heavy atom. The van der Waals surface area contributed by atoms with Crippen molar-refractivity contribution in [2.24, 2.45) is 0 Å². The molecule has 0 heterocycles. The number of hydrogen-bond acceptors (Lipinski definition) is 7. The molecule has 9 nitrogen and oxygen atoms in total. The highest BCUT2D eigenvalue weighted by Gasteiger charge is 2.25. The standard InChI is InChI=1S/C92H155NO8/c1-6-8-10-12-14-16-18-20-22-24-26-28-30-32-34-36-38-40-42-44-45-47-49-51-53-55-57-59-61-63-65-67-69-71-73-75-77-79-81-83-90(95)101-88(87-100-92(91(96)97)98-85-84-93(3,4)5)86-99-89(94)82-80-78-76-74-72-70-68-66-64-62-60-58-56-54-52-50-48-46-43-41-39-37-35-33-31-29-27-25-23-21-19-17-15-13-11-9-7-2/h8,10,14,16,20,22,25-28,32,34,38,40,44-45,49,51,55,57,61,63,67,69,73,75,88,92H,6-7,9,11-13,15,17-19,21,23-24,29-31,33,35-37,39,41-43,46-48,50,52-54,56,58-60,62,64-66,68,70-72,74,76-87H2,1-5H3/p+1/b10-8-,16-14-,22-20-,27-25-,28-26-,34-32-,40-38-,45-44-,51-49-,57-55-,63-61-,69-67-,75-73-. The lowest BCUT2D eigenvalue weighted by Gasteiger charge is -2.25. The van der Waals surface area contributed by atoms with Gasteiger partial charge in [0.1, 0.15) is 13.2 Å². The van der Waals surface area contributed by atoms with Gasteiger partial charge in [-0.05, 0) is 128 Å². The molecule has 0 amide bonds. The van der Waals surface area contributed by atoms with Crippen LogP contribution in [-0.4, -0.2) is 87.4 Å². The average molecular weight is 1400 g/mol. The number of aliphatic carboxylic acids is 1. The molecule has 2 atom stereocenters. The quantitative estimate of drug-likeness (QED) is 0.0211. The van der Waals surface area contributed by atoms with Gasteiger partial charge in [-0.2, -0.15) is 0 Å². The van der Waals surface area contributed by atoms with Crippen molar-refractivity contribution in [1.82, 2.24) is 0 Å². The summed E-state index contributed by atoms with van der Waals surface area (Å²) in [5.41, 5.74) is 0. The van der Waals surface area contributed by atoms with Gasteiger partial charge >= 0.3 is 17.9 Å². The summed E-state index contributed by atoms with van der Waals surface area (Å²) in [7, 11) is 5.96. The van der Waals surface area contributed by atoms with Crippen molar-refractivity contribution < 1.29 is 42.9 Å². The number of quaternary nitrogens is 1. The molecule has 0 aromatic carbocycles. The Balaban J connectivity index is 4.12. The van der Waals surface area contributed by atoms with E-state index >= 15 is 0 Å². The van der Waals surface area contributed by atoms with Gasteiger partial charge in [-0.1, -0.05) is 364 Å². The smallest absolute Gasteiger partial charge is 0.361 e. The molecule has 1 N–H and O–H groups in total. The SMILES string of the molecule is CC/C=C\C/C=C\C/C=C\C/C=C\C/C=C\C/C=C\C/C=C\C/C=C\C/C=C\C/C=C\C/C=C\C/C=C\CCCCC(=O)OC(COC(=O)CCCCCCCCCCCCCCCCCCCCCCCCCCC/C=C\CCCCCCCCCC)COC(OCC[N+](C)(C)C)C(=O)O. The number of esters is 2. The molecule has 0 aromatic heterocycles. The number of unbranched alkanes of at least 4 members (excludes halogenated alkanes) is 35. The van der Waals surface area contributed by atoms with E-state index in [0.717, 1.165) is 109 Å². The zero-order chi connectivity index (χ0) is 73.2. The summed E-state index contributed by atoms with van der Waals surface area (Å²) in [6, 6.07) is 0. The first kappa shape index (κ1) is 95.9. The fourth-order valence-electron chi connectivity index (χ4n) is 11.5. The van der Waals surface area contributed by atoms with E-state index < -0.39 is 24.3 Å². The minimum Gasteiger partial charge on any atom is -0.477 e. The number of rotatable bonds is 76. The van der Waals surface area contributed by atoms with Crippen LogP contribution in [0.2, 0.25) is 0 Å². The van der Waals surface area contributed by atoms with E-state index in [1.807, 2.05) is 21.1 Å². The molecule has 0 aliphatic rings. The summed E-state index contributed by atoms with van der Waals surface area (Å²) in [6.45, 7) is 4.73. The van der Waals surface area contributed by atoms with Gasteiger partial charge in [-0.15, -0.1) is 0 Å². The van der Waals surface area contributed by atoms with E-state index in [2.05, 4.69) is 172 Å². The van der Waals surface area contributed by atoms with Gasteiger partial charge in [-0.25, -0.2) is 4.79 Å². The van der Waals surface area contributed by atoms with E-state index in [9.17, 15) is 19.5 Å². The van der Waals surface area contributed by atoms with E-state index in [-0.39, 0.29) is 38.6 Å². The predicted octanol–water partition coefficient (Wildman–Crippen LogP) is 27.1. The number of allylic oxidation sites excluding steroid dienone is 26. The summed E-state index contributed by atoms with van der Waals surface area (Å²) < 4.78 is 23.0. The van der Waals surface area contributed by atoms with Crippen molar-refractivity contribution >= 4 is 17.9 Å². The van der Waals surface area contributed by atoms with Gasteiger partial charge in [0, 0.05) is 12.8 Å². The van der Waals surface area contributed by atoms with Gasteiger partial charge in [0.05, 0.1) is 34.4 Å². The third-order valence-corrected chi connectivity index (χ3v) is 17.8. The molecule has 0 rings (SSSR count). The van der Waals surface area contributed by atoms with Crippen LogP contribution in [0.4, 0.5) is 0 Å². The minimum atomic E-state index is -1.53. The molecule has 0 aromatic rings. The van der Waals surface area contributed by atoms with Gasteiger partial charge in [0.25, 0.3) is 6.29 Å². The molecule has 101 heavy (non-hydrogen) atoms. The second-order valence-electron chi connectivity index (χ2n) is 28.7. The number of ether oxygens (including phenoxy) is 4. The monoisotopic (exact) mass is 1400 g/mol. The van der Waals surface area contributed by atoms with Crippen LogP contribution in [0.5, 0.6) is 0 Å². The maximum atomic E-state index is 13.0. The van der Waals surface area contributed by atoms with Crippen LogP contribution in [0.15, 0.2) is 158 Å². The lowest BCUT2D eigenvalue weighted by atomic mass is 10.0. The Kier molecular flexibility index (Phi) is 76.5. The Morgan fingerprint density at radius 1 is 0.307 bits per heavy atom. The van der Waals surface area contributed by atoms with Crippen molar-refractivity contribution in [3.63, 3.8) is 0 Å². The fourth-order valence-corrected chi connectivity index (χ4v) is 11.5. The van der Waals surface area contributed by atoms with Crippen LogP contribution >= 0.6 is 0 Å². The van der Waals surface area contributed by atoms with Gasteiger partial charge in [-0.3, -0.25) is 9.59 Å². The van der Waals surface area contributed by atoms with Crippen molar-refractivity contribution in [3.05, 3.63) is 158 Å². The molecule has 0 spiro atoms. The highest BCUT2D eigenvalue weighted by Crippen LogP contribution is 2.18. The molecular weight excluding hydrogens is 1250 g/mol. The third kappa shape index (κ3) is 82.1.